The molecule has 1 aliphatic rings. The van der Waals surface area contributed by atoms with E-state index >= 15 is 0 Å². The Morgan fingerprint density at radius 2 is 1.59 bits per heavy atom. The molecule has 142 valence electrons. The monoisotopic (exact) mass is 404 g/mol. The van der Waals surface area contributed by atoms with Crippen molar-refractivity contribution in [2.75, 3.05) is 18.4 Å². The Balaban J connectivity index is 1.63. The maximum absolute atomic E-state index is 12.6. The van der Waals surface area contributed by atoms with E-state index in [-0.39, 0.29) is 10.8 Å². The number of carbonyl (C=O) groups is 1. The second kappa shape index (κ2) is 8.69. The van der Waals surface area contributed by atoms with Crippen molar-refractivity contribution in [3.8, 4) is 0 Å². The first-order chi connectivity index (χ1) is 12.9. The zero-order valence-electron chi connectivity index (χ0n) is 14.8. The molecule has 2 aromatic carbocycles. The van der Waals surface area contributed by atoms with Gasteiger partial charge in [0.15, 0.2) is 0 Å². The number of amides is 1. The molecule has 0 atom stereocenters. The summed E-state index contributed by atoms with van der Waals surface area (Å²) in [7, 11) is -3.46. The van der Waals surface area contributed by atoms with Gasteiger partial charge in [-0.25, -0.2) is 8.42 Å². The molecule has 0 bridgehead atoms. The normalized spacial score (nSPS) is 15.7. The highest BCUT2D eigenvalue weighted by Gasteiger charge is 2.25. The SMILES string of the molecule is O=C(/C=C/c1ccc(Cl)cc1)Nc1ccc(S(=O)(=O)N2CCCCC2)cc1. The molecule has 1 amide bonds. The van der Waals surface area contributed by atoms with Crippen molar-refractivity contribution in [3.05, 3.63) is 65.2 Å². The number of carbonyl (C=O) groups excluding carboxylic acids is 1. The molecule has 0 aliphatic carbocycles. The Morgan fingerprint density at radius 1 is 0.963 bits per heavy atom. The van der Waals surface area contributed by atoms with E-state index in [4.69, 9.17) is 11.6 Å². The number of benzene rings is 2. The van der Waals surface area contributed by atoms with Gasteiger partial charge >= 0.3 is 0 Å². The van der Waals surface area contributed by atoms with Crippen molar-refractivity contribution in [2.24, 2.45) is 0 Å². The summed E-state index contributed by atoms with van der Waals surface area (Å²) in [5, 5.41) is 3.36. The molecular formula is C20H21ClN2O3S. The minimum atomic E-state index is -3.46. The highest BCUT2D eigenvalue weighted by molar-refractivity contribution is 7.89. The summed E-state index contributed by atoms with van der Waals surface area (Å²) >= 11 is 5.83. The fraction of sp³-hybridized carbons (Fsp3) is 0.250. The first kappa shape index (κ1) is 19.6. The van der Waals surface area contributed by atoms with E-state index < -0.39 is 10.0 Å². The van der Waals surface area contributed by atoms with Gasteiger partial charge in [-0.2, -0.15) is 4.31 Å². The molecule has 2 aromatic rings. The summed E-state index contributed by atoms with van der Waals surface area (Å²) in [4.78, 5) is 12.3. The van der Waals surface area contributed by atoms with Crippen LogP contribution in [0.15, 0.2) is 59.5 Å². The molecule has 0 unspecified atom stereocenters. The molecule has 0 radical (unpaired) electrons. The average Bonchev–Trinajstić information content (AvgIpc) is 2.69. The number of rotatable bonds is 5. The number of sulfonamides is 1. The lowest BCUT2D eigenvalue weighted by molar-refractivity contribution is -0.111. The van der Waals surface area contributed by atoms with Crippen molar-refractivity contribution < 1.29 is 13.2 Å². The van der Waals surface area contributed by atoms with Crippen LogP contribution in [0.5, 0.6) is 0 Å². The van der Waals surface area contributed by atoms with Crippen LogP contribution in [0.2, 0.25) is 5.02 Å². The molecule has 0 spiro atoms. The van der Waals surface area contributed by atoms with Gasteiger partial charge in [-0.15, -0.1) is 0 Å². The van der Waals surface area contributed by atoms with Gasteiger partial charge < -0.3 is 5.32 Å². The van der Waals surface area contributed by atoms with Gasteiger partial charge in [-0.05, 0) is 60.9 Å². The predicted octanol–water partition coefficient (Wildman–Crippen LogP) is 4.17. The lowest BCUT2D eigenvalue weighted by atomic mass is 10.2. The second-order valence-corrected chi connectivity index (χ2v) is 8.74. The van der Waals surface area contributed by atoms with Gasteiger partial charge in [0.25, 0.3) is 0 Å². The lowest BCUT2D eigenvalue weighted by Gasteiger charge is -2.25. The molecule has 3 rings (SSSR count). The summed E-state index contributed by atoms with van der Waals surface area (Å²) < 4.78 is 26.8. The molecule has 1 fully saturated rings. The minimum Gasteiger partial charge on any atom is -0.323 e. The Bertz CT molecular complexity index is 917. The standard InChI is InChI=1S/C20H21ClN2O3S/c21-17-7-4-16(5-8-17)6-13-20(24)22-18-9-11-19(12-10-18)27(25,26)23-14-2-1-3-15-23/h4-13H,1-3,14-15H2,(H,22,24)/b13-6+. The summed E-state index contributed by atoms with van der Waals surface area (Å²) in [6.45, 7) is 1.13. The molecule has 1 N–H and O–H groups in total. The molecule has 27 heavy (non-hydrogen) atoms. The van der Waals surface area contributed by atoms with Crippen LogP contribution in [0.3, 0.4) is 0 Å². The van der Waals surface area contributed by atoms with Crippen LogP contribution in [0.1, 0.15) is 24.8 Å². The van der Waals surface area contributed by atoms with E-state index in [0.717, 1.165) is 24.8 Å². The number of nitrogens with zero attached hydrogens (tertiary/aromatic N) is 1. The maximum atomic E-state index is 12.6. The van der Waals surface area contributed by atoms with Crippen molar-refractivity contribution in [1.29, 1.82) is 0 Å². The minimum absolute atomic E-state index is 0.249. The van der Waals surface area contributed by atoms with Crippen LogP contribution in [0.25, 0.3) is 6.08 Å². The van der Waals surface area contributed by atoms with Crippen LogP contribution in [0.4, 0.5) is 5.69 Å². The third-order valence-electron chi connectivity index (χ3n) is 4.37. The Morgan fingerprint density at radius 3 is 2.22 bits per heavy atom. The van der Waals surface area contributed by atoms with Crippen LogP contribution in [0, 0.1) is 0 Å². The van der Waals surface area contributed by atoms with Gasteiger partial charge in [0, 0.05) is 29.9 Å². The topological polar surface area (TPSA) is 66.5 Å². The van der Waals surface area contributed by atoms with Gasteiger partial charge in [-0.3, -0.25) is 4.79 Å². The molecule has 1 aliphatic heterocycles. The predicted molar refractivity (Wildman–Crippen MR) is 108 cm³/mol. The average molecular weight is 405 g/mol. The van der Waals surface area contributed by atoms with Crippen LogP contribution in [-0.4, -0.2) is 31.7 Å². The van der Waals surface area contributed by atoms with Crippen LogP contribution < -0.4 is 5.32 Å². The van der Waals surface area contributed by atoms with Crippen molar-refractivity contribution >= 4 is 39.3 Å². The summed E-state index contributed by atoms with van der Waals surface area (Å²) in [5.74, 6) is -0.295. The number of piperidine rings is 1. The summed E-state index contributed by atoms with van der Waals surface area (Å²) in [6.07, 6.45) is 5.96. The van der Waals surface area contributed by atoms with Gasteiger partial charge in [-0.1, -0.05) is 30.2 Å². The van der Waals surface area contributed by atoms with Crippen molar-refractivity contribution in [2.45, 2.75) is 24.2 Å². The fourth-order valence-electron chi connectivity index (χ4n) is 2.89. The number of halogens is 1. The van der Waals surface area contributed by atoms with E-state index in [1.165, 1.54) is 22.5 Å². The Kier molecular flexibility index (Phi) is 6.31. The van der Waals surface area contributed by atoms with Crippen molar-refractivity contribution in [1.82, 2.24) is 4.31 Å². The highest BCUT2D eigenvalue weighted by Crippen LogP contribution is 2.22. The second-order valence-electron chi connectivity index (χ2n) is 6.36. The quantitative estimate of drug-likeness (QED) is 0.760. The molecule has 1 heterocycles. The number of nitrogens with one attached hydrogen (secondary N) is 1. The number of anilines is 1. The first-order valence-electron chi connectivity index (χ1n) is 8.80. The van der Waals surface area contributed by atoms with E-state index in [9.17, 15) is 13.2 Å². The summed E-state index contributed by atoms with van der Waals surface area (Å²) in [6, 6.07) is 13.4. The molecule has 7 heteroatoms. The van der Waals surface area contributed by atoms with E-state index in [1.54, 1.807) is 30.3 Å². The zero-order chi connectivity index (χ0) is 19.3. The van der Waals surface area contributed by atoms with E-state index in [2.05, 4.69) is 5.32 Å². The Hall–Kier alpha value is -2.15. The van der Waals surface area contributed by atoms with Gasteiger partial charge in [0.2, 0.25) is 15.9 Å². The zero-order valence-corrected chi connectivity index (χ0v) is 16.3. The van der Waals surface area contributed by atoms with Crippen molar-refractivity contribution in [3.63, 3.8) is 0 Å². The van der Waals surface area contributed by atoms with Crippen LogP contribution in [-0.2, 0) is 14.8 Å². The lowest BCUT2D eigenvalue weighted by Crippen LogP contribution is -2.35. The number of hydrogen-bond donors (Lipinski definition) is 1. The summed E-state index contributed by atoms with van der Waals surface area (Å²) in [5.41, 5.74) is 1.40. The molecular weight excluding hydrogens is 384 g/mol. The first-order valence-corrected chi connectivity index (χ1v) is 10.6. The Labute approximate surface area is 164 Å². The van der Waals surface area contributed by atoms with Gasteiger partial charge in [0.05, 0.1) is 4.90 Å². The largest absolute Gasteiger partial charge is 0.323 e. The molecule has 5 nitrogen and oxygen atoms in total. The molecule has 0 saturated carbocycles. The van der Waals surface area contributed by atoms with Crippen LogP contribution >= 0.6 is 11.6 Å². The molecule has 1 saturated heterocycles. The maximum Gasteiger partial charge on any atom is 0.248 e. The third-order valence-corrected chi connectivity index (χ3v) is 6.54. The molecule has 0 aromatic heterocycles. The van der Waals surface area contributed by atoms with Gasteiger partial charge in [0.1, 0.15) is 0 Å². The highest BCUT2D eigenvalue weighted by atomic mass is 35.5. The van der Waals surface area contributed by atoms with E-state index in [1.807, 2.05) is 12.1 Å². The fourth-order valence-corrected chi connectivity index (χ4v) is 4.54. The smallest absolute Gasteiger partial charge is 0.248 e. The third kappa shape index (κ3) is 5.19. The van der Waals surface area contributed by atoms with E-state index in [0.29, 0.717) is 23.8 Å². The number of hydrogen-bond acceptors (Lipinski definition) is 3.